The molecule has 154 valence electrons. The third-order valence-corrected chi connectivity index (χ3v) is 5.87. The van der Waals surface area contributed by atoms with Gasteiger partial charge in [0.1, 0.15) is 25.0 Å². The third-order valence-electron chi connectivity index (χ3n) is 4.83. The van der Waals surface area contributed by atoms with E-state index in [1.807, 2.05) is 66.7 Å². The van der Waals surface area contributed by atoms with Crippen molar-refractivity contribution in [2.45, 2.75) is 11.0 Å². The molecule has 3 aromatic carbocycles. The number of nitrogens with one attached hydrogen (secondary N) is 1. The minimum Gasteiger partial charge on any atom is -0.490 e. The van der Waals surface area contributed by atoms with Gasteiger partial charge >= 0.3 is 0 Å². The van der Waals surface area contributed by atoms with Crippen molar-refractivity contribution < 1.29 is 19.4 Å². The molecule has 1 aliphatic heterocycles. The highest BCUT2D eigenvalue weighted by Gasteiger charge is 2.26. The number of rotatable bonds is 7. The number of hydrogen-bond donors (Lipinski definition) is 2. The summed E-state index contributed by atoms with van der Waals surface area (Å²) in [4.78, 5) is 27.1. The maximum Gasteiger partial charge on any atom is 0.240 e. The van der Waals surface area contributed by atoms with E-state index >= 15 is 0 Å². The summed E-state index contributed by atoms with van der Waals surface area (Å²) in [6.45, 7) is 0.0196. The van der Waals surface area contributed by atoms with Crippen LogP contribution in [0.4, 0.5) is 5.69 Å². The fourth-order valence-electron chi connectivity index (χ4n) is 3.32. The number of anilines is 1. The molecule has 1 heterocycles. The zero-order chi connectivity index (χ0) is 20.9. The highest BCUT2D eigenvalue weighted by atomic mass is 32.2. The monoisotopic (exact) mass is 422 g/mol. The van der Waals surface area contributed by atoms with Gasteiger partial charge in [0, 0.05) is 16.8 Å². The van der Waals surface area contributed by atoms with Gasteiger partial charge in [-0.25, -0.2) is 0 Å². The van der Waals surface area contributed by atoms with Crippen molar-refractivity contribution in [3.63, 3.8) is 0 Å². The van der Waals surface area contributed by atoms with Crippen LogP contribution in [0.1, 0.15) is 0 Å². The number of carbonyl (C=O) groups excluding carboxylic acids is 2. The Morgan fingerprint density at radius 2 is 1.87 bits per heavy atom. The Kier molecular flexibility index (Phi) is 6.21. The SMILES string of the molecule is O=C(CN1C(=O)CSc2ccccc21)NCC(O)COc1cccc2ccccc12. The standard InChI is InChI=1S/C23H22N2O4S/c26-17(14-29-20-10-5-7-16-6-1-2-8-18(16)20)12-24-22(27)13-25-19-9-3-4-11-21(19)30-15-23(25)28/h1-11,17,26H,12-15H2,(H,24,27). The van der Waals surface area contributed by atoms with E-state index in [1.165, 1.54) is 16.7 Å². The molecule has 30 heavy (non-hydrogen) atoms. The normalized spacial score (nSPS) is 14.3. The summed E-state index contributed by atoms with van der Waals surface area (Å²) in [5, 5.41) is 14.9. The van der Waals surface area contributed by atoms with Crippen LogP contribution in [0.3, 0.4) is 0 Å². The number of nitrogens with zero attached hydrogens (tertiary/aromatic N) is 1. The summed E-state index contributed by atoms with van der Waals surface area (Å²) >= 11 is 1.47. The van der Waals surface area contributed by atoms with Crippen LogP contribution in [0, 0.1) is 0 Å². The van der Waals surface area contributed by atoms with Crippen molar-refractivity contribution in [3.8, 4) is 5.75 Å². The number of amides is 2. The maximum atomic E-state index is 12.4. The van der Waals surface area contributed by atoms with Crippen LogP contribution in [0.25, 0.3) is 10.8 Å². The number of para-hydroxylation sites is 1. The Hall–Kier alpha value is -3.03. The first-order valence-corrected chi connectivity index (χ1v) is 10.7. The Bertz CT molecular complexity index is 1070. The molecule has 0 bridgehead atoms. The lowest BCUT2D eigenvalue weighted by Gasteiger charge is -2.28. The van der Waals surface area contributed by atoms with Crippen LogP contribution in [-0.4, -0.2) is 48.5 Å². The van der Waals surface area contributed by atoms with Crippen LogP contribution < -0.4 is 15.0 Å². The van der Waals surface area contributed by atoms with E-state index in [-0.39, 0.29) is 31.5 Å². The van der Waals surface area contributed by atoms with E-state index in [0.717, 1.165) is 21.4 Å². The zero-order valence-corrected chi connectivity index (χ0v) is 17.1. The lowest BCUT2D eigenvalue weighted by Crippen LogP contribution is -2.45. The van der Waals surface area contributed by atoms with Gasteiger partial charge in [0.25, 0.3) is 0 Å². The largest absolute Gasteiger partial charge is 0.490 e. The Morgan fingerprint density at radius 3 is 2.77 bits per heavy atom. The topological polar surface area (TPSA) is 78.9 Å². The van der Waals surface area contributed by atoms with Crippen LogP contribution in [0.5, 0.6) is 5.75 Å². The Labute approximate surface area is 178 Å². The second kappa shape index (κ2) is 9.19. The van der Waals surface area contributed by atoms with Gasteiger partial charge in [-0.05, 0) is 23.6 Å². The molecule has 0 fully saturated rings. The summed E-state index contributed by atoms with van der Waals surface area (Å²) in [7, 11) is 0. The first kappa shape index (κ1) is 20.3. The molecule has 2 amide bonds. The fourth-order valence-corrected chi connectivity index (χ4v) is 4.26. The number of thioether (sulfide) groups is 1. The minimum absolute atomic E-state index is 0.0437. The molecule has 1 aliphatic rings. The molecule has 3 aromatic rings. The Morgan fingerprint density at radius 1 is 1.10 bits per heavy atom. The van der Waals surface area contributed by atoms with Crippen molar-refractivity contribution in [2.75, 3.05) is 30.3 Å². The van der Waals surface area contributed by atoms with E-state index in [1.54, 1.807) is 0 Å². The van der Waals surface area contributed by atoms with Gasteiger partial charge in [-0.1, -0.05) is 48.5 Å². The van der Waals surface area contributed by atoms with Gasteiger partial charge in [-0.2, -0.15) is 0 Å². The van der Waals surface area contributed by atoms with E-state index in [0.29, 0.717) is 11.5 Å². The number of hydrogen-bond acceptors (Lipinski definition) is 5. The molecule has 1 unspecified atom stereocenters. The van der Waals surface area contributed by atoms with Gasteiger partial charge < -0.3 is 20.1 Å². The summed E-state index contributed by atoms with van der Waals surface area (Å²) in [6.07, 6.45) is -0.868. The van der Waals surface area contributed by atoms with E-state index in [9.17, 15) is 14.7 Å². The summed E-state index contributed by atoms with van der Waals surface area (Å²) < 4.78 is 5.76. The summed E-state index contributed by atoms with van der Waals surface area (Å²) in [6, 6.07) is 21.1. The van der Waals surface area contributed by atoms with E-state index in [2.05, 4.69) is 5.32 Å². The molecular formula is C23H22N2O4S. The van der Waals surface area contributed by atoms with E-state index in [4.69, 9.17) is 4.74 Å². The molecule has 0 saturated carbocycles. The second-order valence-electron chi connectivity index (χ2n) is 6.98. The van der Waals surface area contributed by atoms with Crippen molar-refractivity contribution in [1.29, 1.82) is 0 Å². The smallest absolute Gasteiger partial charge is 0.240 e. The average Bonchev–Trinajstić information content (AvgIpc) is 2.78. The number of carbonyl (C=O) groups is 2. The van der Waals surface area contributed by atoms with Crippen LogP contribution in [0.15, 0.2) is 71.6 Å². The predicted molar refractivity (Wildman–Crippen MR) is 118 cm³/mol. The van der Waals surface area contributed by atoms with Crippen molar-refractivity contribution in [1.82, 2.24) is 5.32 Å². The molecule has 0 saturated heterocycles. The van der Waals surface area contributed by atoms with Crippen LogP contribution >= 0.6 is 11.8 Å². The molecule has 0 aliphatic carbocycles. The molecular weight excluding hydrogens is 400 g/mol. The first-order valence-electron chi connectivity index (χ1n) is 9.69. The van der Waals surface area contributed by atoms with Crippen LogP contribution in [-0.2, 0) is 9.59 Å². The second-order valence-corrected chi connectivity index (χ2v) is 8.00. The average molecular weight is 423 g/mol. The van der Waals surface area contributed by atoms with Gasteiger partial charge in [-0.15, -0.1) is 11.8 Å². The van der Waals surface area contributed by atoms with Gasteiger partial charge in [0.2, 0.25) is 11.8 Å². The van der Waals surface area contributed by atoms with Crippen molar-refractivity contribution in [3.05, 3.63) is 66.7 Å². The molecule has 2 N–H and O–H groups in total. The number of aliphatic hydroxyl groups is 1. The van der Waals surface area contributed by atoms with Crippen molar-refractivity contribution in [2.24, 2.45) is 0 Å². The van der Waals surface area contributed by atoms with Gasteiger partial charge in [0.15, 0.2) is 0 Å². The minimum atomic E-state index is -0.868. The zero-order valence-electron chi connectivity index (χ0n) is 16.3. The molecule has 7 heteroatoms. The number of ether oxygens (including phenoxy) is 1. The number of benzene rings is 3. The maximum absolute atomic E-state index is 12.4. The third kappa shape index (κ3) is 4.58. The Balaban J connectivity index is 1.29. The molecule has 0 radical (unpaired) electrons. The summed E-state index contributed by atoms with van der Waals surface area (Å²) in [5.74, 6) is 0.570. The highest BCUT2D eigenvalue weighted by molar-refractivity contribution is 8.00. The molecule has 1 atom stereocenters. The molecule has 0 aromatic heterocycles. The molecule has 6 nitrogen and oxygen atoms in total. The lowest BCUT2D eigenvalue weighted by atomic mass is 10.1. The van der Waals surface area contributed by atoms with Gasteiger partial charge in [0.05, 0.1) is 11.4 Å². The lowest BCUT2D eigenvalue weighted by molar-refractivity contribution is -0.123. The van der Waals surface area contributed by atoms with Crippen molar-refractivity contribution >= 4 is 40.0 Å². The fraction of sp³-hybridized carbons (Fsp3) is 0.217. The van der Waals surface area contributed by atoms with Gasteiger partial charge in [-0.3, -0.25) is 9.59 Å². The number of fused-ring (bicyclic) bond motifs is 2. The number of aliphatic hydroxyl groups excluding tert-OH is 1. The van der Waals surface area contributed by atoms with E-state index < -0.39 is 6.10 Å². The molecule has 0 spiro atoms. The highest BCUT2D eigenvalue weighted by Crippen LogP contribution is 2.34. The molecule has 4 rings (SSSR count). The quantitative estimate of drug-likeness (QED) is 0.612. The predicted octanol–water partition coefficient (Wildman–Crippen LogP) is 2.83. The van der Waals surface area contributed by atoms with Crippen LogP contribution in [0.2, 0.25) is 0 Å². The first-order chi connectivity index (χ1) is 14.6. The summed E-state index contributed by atoms with van der Waals surface area (Å²) in [5.41, 5.74) is 0.744.